The molecule has 3 heteroatoms. The van der Waals surface area contributed by atoms with Crippen molar-refractivity contribution >= 4 is 17.0 Å². The Hall–Kier alpha value is -1.35. The van der Waals surface area contributed by atoms with Crippen LogP contribution in [-0.2, 0) is 0 Å². The predicted molar refractivity (Wildman–Crippen MR) is 79.0 cm³/mol. The molecule has 0 saturated heterocycles. The zero-order valence-electron chi connectivity index (χ0n) is 10.8. The summed E-state index contributed by atoms with van der Waals surface area (Å²) >= 11 is 1.80. The van der Waals surface area contributed by atoms with Gasteiger partial charge in [0.1, 0.15) is 5.82 Å². The summed E-state index contributed by atoms with van der Waals surface area (Å²) in [4.78, 5) is 1.39. The number of hydrogen-bond donors (Lipinski definition) is 1. The summed E-state index contributed by atoms with van der Waals surface area (Å²) in [7, 11) is 0. The lowest BCUT2D eigenvalue weighted by atomic mass is 9.96. The fourth-order valence-corrected chi connectivity index (χ4v) is 3.78. The summed E-state index contributed by atoms with van der Waals surface area (Å²) in [5.41, 5.74) is 1.01. The first-order chi connectivity index (χ1) is 9.33. The molecule has 1 aliphatic carbocycles. The van der Waals surface area contributed by atoms with E-state index in [-0.39, 0.29) is 5.82 Å². The molecule has 3 rings (SSSR count). The molecule has 1 nitrogen and oxygen atoms in total. The second-order valence-corrected chi connectivity index (χ2v) is 6.17. The van der Waals surface area contributed by atoms with Gasteiger partial charge in [-0.15, -0.1) is 11.3 Å². The monoisotopic (exact) mass is 275 g/mol. The first-order valence-corrected chi connectivity index (χ1v) is 7.76. The summed E-state index contributed by atoms with van der Waals surface area (Å²) in [5.74, 6) is 0.516. The van der Waals surface area contributed by atoms with E-state index >= 15 is 0 Å². The number of rotatable bonds is 4. The Morgan fingerprint density at radius 3 is 2.47 bits per heavy atom. The molecule has 1 saturated carbocycles. The smallest absolute Gasteiger partial charge is 0.123 e. The Labute approximate surface area is 117 Å². The molecular weight excluding hydrogens is 257 g/mol. The van der Waals surface area contributed by atoms with Crippen LogP contribution in [0.2, 0.25) is 0 Å². The fourth-order valence-electron chi connectivity index (χ4n) is 2.91. The van der Waals surface area contributed by atoms with E-state index in [2.05, 4.69) is 22.8 Å². The summed E-state index contributed by atoms with van der Waals surface area (Å²) in [6.45, 7) is 0. The van der Waals surface area contributed by atoms with Crippen LogP contribution >= 0.6 is 11.3 Å². The minimum absolute atomic E-state index is 0.181. The zero-order chi connectivity index (χ0) is 13.1. The van der Waals surface area contributed by atoms with Gasteiger partial charge in [-0.25, -0.2) is 4.39 Å². The van der Waals surface area contributed by atoms with E-state index in [1.54, 1.807) is 11.3 Å². The number of thiophene rings is 1. The standard InChI is InChI=1S/C16H18FNS/c17-13-7-9-14(10-8-13)18-16(12-4-1-2-5-12)15-6-3-11-19-15/h3,6-12,16,18H,1-2,4-5H2. The first-order valence-electron chi connectivity index (χ1n) is 6.88. The summed E-state index contributed by atoms with van der Waals surface area (Å²) < 4.78 is 13.0. The van der Waals surface area contributed by atoms with Crippen LogP contribution in [0.3, 0.4) is 0 Å². The van der Waals surface area contributed by atoms with Gasteiger partial charge in [0, 0.05) is 10.6 Å². The summed E-state index contributed by atoms with van der Waals surface area (Å²) in [5, 5.41) is 5.72. The van der Waals surface area contributed by atoms with E-state index < -0.39 is 0 Å². The molecule has 0 bridgehead atoms. The molecule has 1 aromatic heterocycles. The van der Waals surface area contributed by atoms with Gasteiger partial charge in [-0.05, 0) is 54.5 Å². The van der Waals surface area contributed by atoms with Gasteiger partial charge in [0.15, 0.2) is 0 Å². The van der Waals surface area contributed by atoms with Gasteiger partial charge in [-0.2, -0.15) is 0 Å². The van der Waals surface area contributed by atoms with Crippen LogP contribution in [0.5, 0.6) is 0 Å². The van der Waals surface area contributed by atoms with E-state index in [1.165, 1.54) is 42.7 Å². The number of benzene rings is 1. The molecule has 1 atom stereocenters. The third-order valence-electron chi connectivity index (χ3n) is 3.89. The van der Waals surface area contributed by atoms with Crippen molar-refractivity contribution in [3.05, 3.63) is 52.5 Å². The third-order valence-corrected chi connectivity index (χ3v) is 4.84. The van der Waals surface area contributed by atoms with Crippen LogP contribution in [0, 0.1) is 11.7 Å². The average Bonchev–Trinajstić information content (AvgIpc) is 3.11. The number of hydrogen-bond acceptors (Lipinski definition) is 2. The van der Waals surface area contributed by atoms with Crippen LogP contribution in [0.25, 0.3) is 0 Å². The highest BCUT2D eigenvalue weighted by molar-refractivity contribution is 7.10. The van der Waals surface area contributed by atoms with E-state index in [9.17, 15) is 4.39 Å². The predicted octanol–water partition coefficient (Wildman–Crippen LogP) is 5.23. The average molecular weight is 275 g/mol. The second-order valence-electron chi connectivity index (χ2n) is 5.19. The van der Waals surface area contributed by atoms with Crippen molar-refractivity contribution in [2.45, 2.75) is 31.7 Å². The molecule has 2 aromatic rings. The second kappa shape index (κ2) is 5.74. The van der Waals surface area contributed by atoms with Crippen molar-refractivity contribution in [1.29, 1.82) is 0 Å². The van der Waals surface area contributed by atoms with Crippen LogP contribution in [0.15, 0.2) is 41.8 Å². The van der Waals surface area contributed by atoms with Gasteiger partial charge in [-0.1, -0.05) is 18.9 Å². The maximum atomic E-state index is 13.0. The Bertz CT molecular complexity index is 500. The third kappa shape index (κ3) is 2.98. The van der Waals surface area contributed by atoms with Crippen molar-refractivity contribution in [3.63, 3.8) is 0 Å². The molecule has 1 aliphatic rings. The maximum Gasteiger partial charge on any atom is 0.123 e. The largest absolute Gasteiger partial charge is 0.377 e. The quantitative estimate of drug-likeness (QED) is 0.805. The highest BCUT2D eigenvalue weighted by Crippen LogP contribution is 2.39. The molecular formula is C16H18FNS. The van der Waals surface area contributed by atoms with Crippen LogP contribution in [0.1, 0.15) is 36.6 Å². The van der Waals surface area contributed by atoms with Crippen LogP contribution in [0.4, 0.5) is 10.1 Å². The van der Waals surface area contributed by atoms with E-state index in [4.69, 9.17) is 0 Å². The van der Waals surface area contributed by atoms with Gasteiger partial charge in [0.25, 0.3) is 0 Å². The lowest BCUT2D eigenvalue weighted by molar-refractivity contribution is 0.475. The topological polar surface area (TPSA) is 12.0 Å². The van der Waals surface area contributed by atoms with Gasteiger partial charge in [0.2, 0.25) is 0 Å². The molecule has 1 heterocycles. The minimum atomic E-state index is -0.181. The number of halogens is 1. The lowest BCUT2D eigenvalue weighted by Crippen LogP contribution is -2.17. The molecule has 0 spiro atoms. The molecule has 1 N–H and O–H groups in total. The summed E-state index contributed by atoms with van der Waals surface area (Å²) in [6, 6.07) is 11.4. The molecule has 1 fully saturated rings. The van der Waals surface area contributed by atoms with E-state index in [0.717, 1.165) is 5.69 Å². The number of nitrogens with one attached hydrogen (secondary N) is 1. The Morgan fingerprint density at radius 2 is 1.84 bits per heavy atom. The SMILES string of the molecule is Fc1ccc(NC(c2cccs2)C2CCCC2)cc1. The normalized spacial score (nSPS) is 17.5. The fraction of sp³-hybridized carbons (Fsp3) is 0.375. The Kier molecular flexibility index (Phi) is 3.83. The van der Waals surface area contributed by atoms with Crippen LogP contribution < -0.4 is 5.32 Å². The molecule has 1 unspecified atom stereocenters. The maximum absolute atomic E-state index is 13.0. The molecule has 0 amide bonds. The molecule has 19 heavy (non-hydrogen) atoms. The molecule has 100 valence electrons. The van der Waals surface area contributed by atoms with Crippen molar-refractivity contribution in [1.82, 2.24) is 0 Å². The molecule has 0 aliphatic heterocycles. The highest BCUT2D eigenvalue weighted by atomic mass is 32.1. The Morgan fingerprint density at radius 1 is 1.11 bits per heavy atom. The van der Waals surface area contributed by atoms with E-state index in [1.807, 2.05) is 12.1 Å². The van der Waals surface area contributed by atoms with E-state index in [0.29, 0.717) is 12.0 Å². The minimum Gasteiger partial charge on any atom is -0.377 e. The number of anilines is 1. The van der Waals surface area contributed by atoms with Crippen molar-refractivity contribution < 1.29 is 4.39 Å². The van der Waals surface area contributed by atoms with Gasteiger partial charge in [-0.3, -0.25) is 0 Å². The van der Waals surface area contributed by atoms with Crippen molar-refractivity contribution in [2.24, 2.45) is 5.92 Å². The van der Waals surface area contributed by atoms with Crippen molar-refractivity contribution in [2.75, 3.05) is 5.32 Å². The summed E-state index contributed by atoms with van der Waals surface area (Å²) in [6.07, 6.45) is 5.24. The van der Waals surface area contributed by atoms with Gasteiger partial charge < -0.3 is 5.32 Å². The van der Waals surface area contributed by atoms with Crippen molar-refractivity contribution in [3.8, 4) is 0 Å². The lowest BCUT2D eigenvalue weighted by Gasteiger charge is -2.25. The van der Waals surface area contributed by atoms with Crippen LogP contribution in [-0.4, -0.2) is 0 Å². The van der Waals surface area contributed by atoms with Gasteiger partial charge in [0.05, 0.1) is 6.04 Å². The Balaban J connectivity index is 1.81. The highest BCUT2D eigenvalue weighted by Gasteiger charge is 2.26. The first kappa shape index (κ1) is 12.7. The zero-order valence-corrected chi connectivity index (χ0v) is 11.6. The van der Waals surface area contributed by atoms with Gasteiger partial charge >= 0.3 is 0 Å². The molecule has 0 radical (unpaired) electrons. The molecule has 1 aromatic carbocycles.